The van der Waals surface area contributed by atoms with Crippen molar-refractivity contribution < 1.29 is 9.59 Å². The summed E-state index contributed by atoms with van der Waals surface area (Å²) < 4.78 is 0. The average molecular weight is 269 g/mol. The Labute approximate surface area is 117 Å². The van der Waals surface area contributed by atoms with Crippen LogP contribution in [0.2, 0.25) is 0 Å². The van der Waals surface area contributed by atoms with Crippen molar-refractivity contribution in [3.63, 3.8) is 0 Å². The number of carbonyl (C=O) groups is 2. The molecule has 1 atom stereocenters. The smallest absolute Gasteiger partial charge is 0.223 e. The fourth-order valence-corrected chi connectivity index (χ4v) is 3.08. The van der Waals surface area contributed by atoms with Gasteiger partial charge in [-0.05, 0) is 24.6 Å². The molecule has 2 heterocycles. The largest absolute Gasteiger partial charge is 0.367 e. The van der Waals surface area contributed by atoms with Gasteiger partial charge in [0.15, 0.2) is 0 Å². The van der Waals surface area contributed by atoms with Gasteiger partial charge in [0.1, 0.15) is 12.4 Å². The molecule has 1 unspecified atom stereocenters. The van der Waals surface area contributed by atoms with Gasteiger partial charge in [-0.25, -0.2) is 0 Å². The number of carbonyl (C=O) groups excluding carboxylic acids is 2. The molecule has 2 saturated heterocycles. The summed E-state index contributed by atoms with van der Waals surface area (Å²) in [6.07, 6.45) is 2.27. The van der Waals surface area contributed by atoms with E-state index in [9.17, 15) is 14.9 Å². The Hall–Kier alpha value is -2.35. The Morgan fingerprint density at radius 3 is 2.95 bits per heavy atom. The first-order chi connectivity index (χ1) is 9.72. The van der Waals surface area contributed by atoms with E-state index >= 15 is 0 Å². The van der Waals surface area contributed by atoms with Gasteiger partial charge >= 0.3 is 0 Å². The van der Waals surface area contributed by atoms with E-state index in [1.807, 2.05) is 11.0 Å². The van der Waals surface area contributed by atoms with E-state index in [-0.39, 0.29) is 11.9 Å². The zero-order valence-electron chi connectivity index (χ0n) is 11.1. The molecule has 2 aliphatic heterocycles. The van der Waals surface area contributed by atoms with E-state index in [0.29, 0.717) is 24.1 Å². The second-order valence-corrected chi connectivity index (χ2v) is 5.23. The molecule has 5 heteroatoms. The van der Waals surface area contributed by atoms with Gasteiger partial charge in [-0.2, -0.15) is 5.26 Å². The van der Waals surface area contributed by atoms with Gasteiger partial charge in [-0.3, -0.25) is 9.59 Å². The highest BCUT2D eigenvalue weighted by Crippen LogP contribution is 2.28. The van der Waals surface area contributed by atoms with Gasteiger partial charge in [0.05, 0.1) is 11.3 Å². The van der Waals surface area contributed by atoms with Gasteiger partial charge in [-0.1, -0.05) is 0 Å². The van der Waals surface area contributed by atoms with Gasteiger partial charge < -0.3 is 9.80 Å². The number of nitriles is 1. The first-order valence-corrected chi connectivity index (χ1v) is 6.76. The van der Waals surface area contributed by atoms with Crippen molar-refractivity contribution in [3.8, 4) is 6.07 Å². The maximum absolute atomic E-state index is 11.7. The Morgan fingerprint density at radius 1 is 1.35 bits per heavy atom. The number of fused-ring (bicyclic) bond motifs is 1. The minimum Gasteiger partial charge on any atom is -0.367 e. The predicted molar refractivity (Wildman–Crippen MR) is 73.5 cm³/mol. The molecular formula is C15H15N3O2. The first-order valence-electron chi connectivity index (χ1n) is 6.76. The molecule has 3 rings (SSSR count). The third-order valence-electron chi connectivity index (χ3n) is 4.11. The van der Waals surface area contributed by atoms with Crippen molar-refractivity contribution in [3.05, 3.63) is 29.3 Å². The van der Waals surface area contributed by atoms with Crippen LogP contribution >= 0.6 is 0 Å². The lowest BCUT2D eigenvalue weighted by Crippen LogP contribution is -2.51. The van der Waals surface area contributed by atoms with E-state index in [1.165, 1.54) is 0 Å². The van der Waals surface area contributed by atoms with Crippen LogP contribution in [0, 0.1) is 11.3 Å². The van der Waals surface area contributed by atoms with E-state index in [0.717, 1.165) is 31.5 Å². The molecule has 0 saturated carbocycles. The second kappa shape index (κ2) is 4.97. The molecule has 5 nitrogen and oxygen atoms in total. The lowest BCUT2D eigenvalue weighted by atomic mass is 10.1. The Balaban J connectivity index is 1.86. The zero-order chi connectivity index (χ0) is 14.1. The fraction of sp³-hybridized carbons (Fsp3) is 0.400. The number of hydrogen-bond acceptors (Lipinski definition) is 4. The normalized spacial score (nSPS) is 21.6. The minimum atomic E-state index is 0.242. The quantitative estimate of drug-likeness (QED) is 0.756. The molecule has 102 valence electrons. The van der Waals surface area contributed by atoms with Gasteiger partial charge in [0.25, 0.3) is 0 Å². The monoisotopic (exact) mass is 269 g/mol. The van der Waals surface area contributed by atoms with Gasteiger partial charge in [-0.15, -0.1) is 0 Å². The van der Waals surface area contributed by atoms with Gasteiger partial charge in [0, 0.05) is 37.7 Å². The molecule has 1 aromatic rings. The SMILES string of the molecule is N#Cc1cc(C=O)ccc1N1CCN2C(=O)CCC2C1. The summed E-state index contributed by atoms with van der Waals surface area (Å²) in [7, 11) is 0. The van der Waals surface area contributed by atoms with Crippen molar-refractivity contribution in [1.82, 2.24) is 4.90 Å². The number of amides is 1. The molecule has 2 fully saturated rings. The molecule has 0 bridgehead atoms. The van der Waals surface area contributed by atoms with Crippen LogP contribution in [-0.2, 0) is 4.79 Å². The van der Waals surface area contributed by atoms with Crippen LogP contribution in [0.15, 0.2) is 18.2 Å². The molecule has 0 N–H and O–H groups in total. The van der Waals surface area contributed by atoms with Crippen LogP contribution in [0.3, 0.4) is 0 Å². The maximum atomic E-state index is 11.7. The van der Waals surface area contributed by atoms with Crippen LogP contribution in [0.5, 0.6) is 0 Å². The van der Waals surface area contributed by atoms with Crippen molar-refractivity contribution in [2.24, 2.45) is 0 Å². The summed E-state index contributed by atoms with van der Waals surface area (Å²) in [6.45, 7) is 2.21. The highest BCUT2D eigenvalue weighted by molar-refractivity contribution is 5.80. The van der Waals surface area contributed by atoms with Crippen LogP contribution in [0.4, 0.5) is 5.69 Å². The molecule has 1 amide bonds. The Bertz CT molecular complexity index is 606. The molecule has 0 aliphatic carbocycles. The van der Waals surface area contributed by atoms with Crippen molar-refractivity contribution in [2.45, 2.75) is 18.9 Å². The minimum absolute atomic E-state index is 0.242. The van der Waals surface area contributed by atoms with Crippen LogP contribution in [-0.4, -0.2) is 42.8 Å². The third kappa shape index (κ3) is 2.03. The lowest BCUT2D eigenvalue weighted by molar-refractivity contribution is -0.129. The maximum Gasteiger partial charge on any atom is 0.223 e. The highest BCUT2D eigenvalue weighted by atomic mass is 16.2. The van der Waals surface area contributed by atoms with Crippen molar-refractivity contribution >= 4 is 17.9 Å². The van der Waals surface area contributed by atoms with E-state index in [2.05, 4.69) is 11.0 Å². The number of aldehydes is 1. The third-order valence-corrected chi connectivity index (χ3v) is 4.11. The van der Waals surface area contributed by atoms with Crippen molar-refractivity contribution in [1.29, 1.82) is 5.26 Å². The second-order valence-electron chi connectivity index (χ2n) is 5.23. The molecule has 2 aliphatic rings. The first kappa shape index (κ1) is 12.7. The number of piperazine rings is 1. The number of rotatable bonds is 2. The number of anilines is 1. The fourth-order valence-electron chi connectivity index (χ4n) is 3.08. The van der Waals surface area contributed by atoms with E-state index in [1.54, 1.807) is 12.1 Å². The number of hydrogen-bond donors (Lipinski definition) is 0. The molecule has 0 radical (unpaired) electrons. The summed E-state index contributed by atoms with van der Waals surface area (Å²) >= 11 is 0. The predicted octanol–water partition coefficient (Wildman–Crippen LogP) is 1.18. The van der Waals surface area contributed by atoms with Crippen molar-refractivity contribution in [2.75, 3.05) is 24.5 Å². The molecule has 0 aromatic heterocycles. The molecular weight excluding hydrogens is 254 g/mol. The summed E-state index contributed by atoms with van der Waals surface area (Å²) in [5.41, 5.74) is 1.89. The van der Waals surface area contributed by atoms with E-state index < -0.39 is 0 Å². The van der Waals surface area contributed by atoms with Gasteiger partial charge in [0.2, 0.25) is 5.91 Å². The topological polar surface area (TPSA) is 64.4 Å². The Kier molecular flexibility index (Phi) is 3.15. The number of nitrogens with zero attached hydrogens (tertiary/aromatic N) is 3. The summed E-state index contributed by atoms with van der Waals surface area (Å²) in [5.74, 6) is 0.242. The average Bonchev–Trinajstić information content (AvgIpc) is 2.87. The lowest BCUT2D eigenvalue weighted by Gasteiger charge is -2.39. The summed E-state index contributed by atoms with van der Waals surface area (Å²) in [4.78, 5) is 26.5. The highest BCUT2D eigenvalue weighted by Gasteiger charge is 2.35. The van der Waals surface area contributed by atoms with Crippen LogP contribution in [0.25, 0.3) is 0 Å². The zero-order valence-corrected chi connectivity index (χ0v) is 11.1. The van der Waals surface area contributed by atoms with Crippen LogP contribution < -0.4 is 4.90 Å². The molecule has 0 spiro atoms. The van der Waals surface area contributed by atoms with Crippen LogP contribution in [0.1, 0.15) is 28.8 Å². The molecule has 20 heavy (non-hydrogen) atoms. The summed E-state index contributed by atoms with van der Waals surface area (Å²) in [6, 6.07) is 7.59. The number of benzene rings is 1. The summed E-state index contributed by atoms with van der Waals surface area (Å²) in [5, 5.41) is 9.24. The molecule has 1 aromatic carbocycles. The standard InChI is InChI=1S/C15H15N3O2/c16-8-12-7-11(10-19)1-3-14(12)17-5-6-18-13(9-17)2-4-15(18)20/h1,3,7,10,13H,2,4-6,9H2. The Morgan fingerprint density at radius 2 is 2.20 bits per heavy atom. The van der Waals surface area contributed by atoms with E-state index in [4.69, 9.17) is 0 Å².